The second kappa shape index (κ2) is 7.35. The van der Waals surface area contributed by atoms with E-state index in [-0.39, 0.29) is 5.91 Å². The van der Waals surface area contributed by atoms with Crippen molar-refractivity contribution in [3.63, 3.8) is 0 Å². The lowest BCUT2D eigenvalue weighted by Crippen LogP contribution is -2.42. The number of carboxylic acids is 1. The quantitative estimate of drug-likeness (QED) is 0.534. The lowest BCUT2D eigenvalue weighted by atomic mass is 10.2. The number of hydrogen-bond acceptors (Lipinski definition) is 7. The summed E-state index contributed by atoms with van der Waals surface area (Å²) in [5.74, 6) is -0.245. The molecule has 2 atom stereocenters. The molecule has 1 aliphatic rings. The molecule has 0 aromatic carbocycles. The fourth-order valence-corrected chi connectivity index (χ4v) is 2.75. The third kappa shape index (κ3) is 3.85. The minimum absolute atomic E-state index is 0.117. The van der Waals surface area contributed by atoms with Crippen LogP contribution in [0.25, 0.3) is 0 Å². The van der Waals surface area contributed by atoms with Gasteiger partial charge in [0.15, 0.2) is 11.9 Å². The minimum atomic E-state index is -1.08. The number of aromatic nitrogens is 1. The number of hydrogen-bond donors (Lipinski definition) is 4. The lowest BCUT2D eigenvalue weighted by Gasteiger charge is -2.26. The van der Waals surface area contributed by atoms with Crippen LogP contribution in [0.15, 0.2) is 12.1 Å². The number of nitrogen functional groups attached to an aromatic ring is 1. The predicted molar refractivity (Wildman–Crippen MR) is 90.0 cm³/mol. The van der Waals surface area contributed by atoms with Gasteiger partial charge < -0.3 is 31.1 Å². The highest BCUT2D eigenvalue weighted by atomic mass is 16.4. The van der Waals surface area contributed by atoms with Gasteiger partial charge in [-0.15, -0.1) is 0 Å². The van der Waals surface area contributed by atoms with Crippen molar-refractivity contribution in [1.29, 1.82) is 0 Å². The van der Waals surface area contributed by atoms with Gasteiger partial charge in [-0.25, -0.2) is 9.78 Å². The molecule has 132 valence electrons. The van der Waals surface area contributed by atoms with Gasteiger partial charge >= 0.3 is 5.97 Å². The lowest BCUT2D eigenvalue weighted by molar-refractivity contribution is -0.140. The van der Waals surface area contributed by atoms with Crippen molar-refractivity contribution >= 4 is 29.2 Å². The van der Waals surface area contributed by atoms with Crippen LogP contribution in [0.1, 0.15) is 13.3 Å². The molecule has 0 radical (unpaired) electrons. The SMILES string of the molecule is CC(=O)NCCN(C)c1nc(N2CCC(O)C2C(=O)O)ccc1N. The number of aliphatic hydroxyl groups is 1. The number of nitrogens with one attached hydrogen (secondary N) is 1. The smallest absolute Gasteiger partial charge is 0.329 e. The number of amides is 1. The summed E-state index contributed by atoms with van der Waals surface area (Å²) in [5.41, 5.74) is 6.42. The van der Waals surface area contributed by atoms with Gasteiger partial charge in [-0.2, -0.15) is 0 Å². The van der Waals surface area contributed by atoms with Crippen LogP contribution < -0.4 is 20.9 Å². The van der Waals surface area contributed by atoms with E-state index in [4.69, 9.17) is 5.73 Å². The zero-order chi connectivity index (χ0) is 17.9. The Bertz CT molecular complexity index is 624. The predicted octanol–water partition coefficient (Wildman–Crippen LogP) is -0.740. The number of nitrogens with two attached hydrogens (primary N) is 1. The number of anilines is 3. The number of nitrogens with zero attached hydrogens (tertiary/aromatic N) is 3. The highest BCUT2D eigenvalue weighted by Crippen LogP contribution is 2.29. The molecule has 2 heterocycles. The highest BCUT2D eigenvalue weighted by Gasteiger charge is 2.39. The number of aliphatic hydroxyl groups excluding tert-OH is 1. The second-order valence-corrected chi connectivity index (χ2v) is 5.82. The Hall–Kier alpha value is -2.55. The summed E-state index contributed by atoms with van der Waals surface area (Å²) >= 11 is 0. The van der Waals surface area contributed by atoms with Crippen molar-refractivity contribution in [2.45, 2.75) is 25.5 Å². The molecule has 2 rings (SSSR count). The first-order valence-electron chi connectivity index (χ1n) is 7.71. The first-order chi connectivity index (χ1) is 11.3. The standard InChI is InChI=1S/C15H23N5O4/c1-9(21)17-6-8-19(2)14-10(16)3-4-12(18-14)20-7-5-11(22)13(20)15(23)24/h3-4,11,13,22H,5-8,16H2,1-2H3,(H,17,21)(H,23,24). The summed E-state index contributed by atoms with van der Waals surface area (Å²) in [5, 5.41) is 21.9. The third-order valence-corrected chi connectivity index (χ3v) is 3.99. The first kappa shape index (κ1) is 17.8. The van der Waals surface area contributed by atoms with Gasteiger partial charge in [-0.05, 0) is 18.6 Å². The Morgan fingerprint density at radius 2 is 2.21 bits per heavy atom. The Labute approximate surface area is 140 Å². The van der Waals surface area contributed by atoms with E-state index < -0.39 is 18.1 Å². The Morgan fingerprint density at radius 3 is 2.83 bits per heavy atom. The summed E-state index contributed by atoms with van der Waals surface area (Å²) in [6.45, 7) is 2.80. The van der Waals surface area contributed by atoms with Crippen molar-refractivity contribution in [3.05, 3.63) is 12.1 Å². The van der Waals surface area contributed by atoms with Crippen molar-refractivity contribution in [3.8, 4) is 0 Å². The topological polar surface area (TPSA) is 132 Å². The van der Waals surface area contributed by atoms with Crippen LogP contribution in [0.5, 0.6) is 0 Å². The molecule has 1 fully saturated rings. The molecule has 5 N–H and O–H groups in total. The van der Waals surface area contributed by atoms with Crippen LogP contribution in [0.3, 0.4) is 0 Å². The number of pyridine rings is 1. The first-order valence-corrected chi connectivity index (χ1v) is 7.71. The van der Waals surface area contributed by atoms with Crippen LogP contribution in [0.4, 0.5) is 17.3 Å². The molecule has 0 spiro atoms. The minimum Gasteiger partial charge on any atom is -0.480 e. The molecule has 1 aromatic rings. The van der Waals surface area contributed by atoms with Gasteiger partial charge in [0.1, 0.15) is 5.82 Å². The van der Waals surface area contributed by atoms with Gasteiger partial charge in [0.05, 0.1) is 11.8 Å². The average molecular weight is 337 g/mol. The molecule has 1 aliphatic heterocycles. The van der Waals surface area contributed by atoms with Crippen molar-refractivity contribution < 1.29 is 19.8 Å². The molecule has 9 heteroatoms. The fraction of sp³-hybridized carbons (Fsp3) is 0.533. The van der Waals surface area contributed by atoms with E-state index in [1.165, 1.54) is 6.92 Å². The summed E-state index contributed by atoms with van der Waals surface area (Å²) < 4.78 is 0. The fourth-order valence-electron chi connectivity index (χ4n) is 2.75. The molecule has 24 heavy (non-hydrogen) atoms. The zero-order valence-corrected chi connectivity index (χ0v) is 13.8. The van der Waals surface area contributed by atoms with Crippen LogP contribution in [0.2, 0.25) is 0 Å². The average Bonchev–Trinajstić information content (AvgIpc) is 2.89. The molecule has 1 amide bonds. The molecule has 0 bridgehead atoms. The molecular formula is C15H23N5O4. The largest absolute Gasteiger partial charge is 0.480 e. The van der Waals surface area contributed by atoms with Gasteiger partial charge in [0.25, 0.3) is 0 Å². The van der Waals surface area contributed by atoms with Crippen molar-refractivity contribution in [1.82, 2.24) is 10.3 Å². The maximum absolute atomic E-state index is 11.4. The molecule has 0 saturated carbocycles. The Kier molecular flexibility index (Phi) is 5.45. The summed E-state index contributed by atoms with van der Waals surface area (Å²) in [6, 6.07) is 2.30. The maximum Gasteiger partial charge on any atom is 0.329 e. The van der Waals surface area contributed by atoms with E-state index in [0.717, 1.165) is 0 Å². The second-order valence-electron chi connectivity index (χ2n) is 5.82. The van der Waals surface area contributed by atoms with Crippen LogP contribution >= 0.6 is 0 Å². The number of rotatable bonds is 6. The van der Waals surface area contributed by atoms with E-state index in [2.05, 4.69) is 10.3 Å². The summed E-state index contributed by atoms with van der Waals surface area (Å²) in [4.78, 5) is 30.1. The van der Waals surface area contributed by atoms with E-state index in [0.29, 0.717) is 43.4 Å². The van der Waals surface area contributed by atoms with Gasteiger partial charge in [-0.1, -0.05) is 0 Å². The van der Waals surface area contributed by atoms with Crippen LogP contribution in [-0.2, 0) is 9.59 Å². The number of carbonyl (C=O) groups is 2. The highest BCUT2D eigenvalue weighted by molar-refractivity contribution is 5.80. The molecule has 1 saturated heterocycles. The maximum atomic E-state index is 11.4. The number of likely N-dealkylation sites (N-methyl/N-ethyl adjacent to an activating group) is 1. The summed E-state index contributed by atoms with van der Waals surface area (Å²) in [7, 11) is 1.79. The van der Waals surface area contributed by atoms with Crippen molar-refractivity contribution in [2.24, 2.45) is 0 Å². The Balaban J connectivity index is 2.19. The van der Waals surface area contributed by atoms with Crippen LogP contribution in [0, 0.1) is 0 Å². The van der Waals surface area contributed by atoms with Crippen molar-refractivity contribution in [2.75, 3.05) is 42.2 Å². The van der Waals surface area contributed by atoms with Gasteiger partial charge in [0.2, 0.25) is 5.91 Å². The molecule has 2 unspecified atom stereocenters. The van der Waals surface area contributed by atoms with Crippen LogP contribution in [-0.4, -0.2) is 65.9 Å². The summed E-state index contributed by atoms with van der Waals surface area (Å²) in [6.07, 6.45) is -0.556. The van der Waals surface area contributed by atoms with E-state index >= 15 is 0 Å². The van der Waals surface area contributed by atoms with E-state index in [1.54, 1.807) is 29.0 Å². The van der Waals surface area contributed by atoms with Gasteiger partial charge in [-0.3, -0.25) is 4.79 Å². The van der Waals surface area contributed by atoms with Gasteiger partial charge in [0, 0.05) is 33.6 Å². The Morgan fingerprint density at radius 1 is 1.50 bits per heavy atom. The zero-order valence-electron chi connectivity index (χ0n) is 13.8. The molecule has 9 nitrogen and oxygen atoms in total. The third-order valence-electron chi connectivity index (χ3n) is 3.99. The molecule has 1 aromatic heterocycles. The molecule has 0 aliphatic carbocycles. The molecular weight excluding hydrogens is 314 g/mol. The van der Waals surface area contributed by atoms with E-state index in [9.17, 15) is 19.8 Å². The number of carbonyl (C=O) groups excluding carboxylic acids is 1. The number of aliphatic carboxylic acids is 1. The monoisotopic (exact) mass is 337 g/mol. The normalized spacial score (nSPS) is 20.0. The number of carboxylic acid groups (broad SMARTS) is 1. The van der Waals surface area contributed by atoms with E-state index in [1.807, 2.05) is 0 Å².